The van der Waals surface area contributed by atoms with E-state index in [-0.39, 0.29) is 11.3 Å². The summed E-state index contributed by atoms with van der Waals surface area (Å²) in [4.78, 5) is 10.9. The van der Waals surface area contributed by atoms with Crippen LogP contribution < -0.4 is 4.72 Å². The molecule has 27 heavy (non-hydrogen) atoms. The number of allylic oxidation sites excluding steroid dienone is 2. The monoisotopic (exact) mass is 455 g/mol. The third kappa shape index (κ3) is 5.21. The van der Waals surface area contributed by atoms with Crippen molar-refractivity contribution in [3.05, 3.63) is 40.9 Å². The largest absolute Gasteiger partial charge is 0.481 e. The molecular formula is C20H26BrNO4S. The van der Waals surface area contributed by atoms with E-state index in [4.69, 9.17) is 5.11 Å². The normalized spacial score (nSPS) is 27.4. The fraction of sp³-hybridized carbons (Fsp3) is 0.550. The third-order valence-corrected chi connectivity index (χ3v) is 7.88. The maximum atomic E-state index is 12.6. The molecule has 7 heteroatoms. The van der Waals surface area contributed by atoms with Gasteiger partial charge >= 0.3 is 5.97 Å². The zero-order chi connectivity index (χ0) is 19.4. The van der Waals surface area contributed by atoms with E-state index < -0.39 is 16.0 Å². The Kier molecular flexibility index (Phi) is 6.76. The van der Waals surface area contributed by atoms with Gasteiger partial charge in [0.15, 0.2) is 0 Å². The lowest BCUT2D eigenvalue weighted by molar-refractivity contribution is -0.137. The molecule has 0 aromatic heterocycles. The molecule has 3 rings (SSSR count). The molecule has 0 radical (unpaired) electrons. The summed E-state index contributed by atoms with van der Waals surface area (Å²) < 4.78 is 28.8. The zero-order valence-electron chi connectivity index (χ0n) is 15.2. The van der Waals surface area contributed by atoms with Gasteiger partial charge in [0.05, 0.1) is 4.90 Å². The van der Waals surface area contributed by atoms with Gasteiger partial charge in [-0.15, -0.1) is 0 Å². The number of halogens is 1. The van der Waals surface area contributed by atoms with Crippen molar-refractivity contribution in [1.82, 2.24) is 4.72 Å². The van der Waals surface area contributed by atoms with Gasteiger partial charge in [0.25, 0.3) is 0 Å². The predicted molar refractivity (Wildman–Crippen MR) is 108 cm³/mol. The van der Waals surface area contributed by atoms with Crippen LogP contribution in [0.3, 0.4) is 0 Å². The van der Waals surface area contributed by atoms with Crippen LogP contribution in [0.1, 0.15) is 38.5 Å². The summed E-state index contributed by atoms with van der Waals surface area (Å²) in [5.74, 6) is 1.17. The van der Waals surface area contributed by atoms with Crippen molar-refractivity contribution in [2.24, 2.45) is 23.7 Å². The van der Waals surface area contributed by atoms with Crippen molar-refractivity contribution < 1.29 is 18.3 Å². The van der Waals surface area contributed by atoms with E-state index in [9.17, 15) is 13.2 Å². The highest BCUT2D eigenvalue weighted by Gasteiger charge is 2.46. The van der Waals surface area contributed by atoms with Gasteiger partial charge in [0.2, 0.25) is 10.0 Å². The van der Waals surface area contributed by atoms with Gasteiger partial charge in [0, 0.05) is 17.4 Å². The standard InChI is InChI=1S/C20H26BrNO4S/c21-16-8-10-17(11-9-16)27(25,26)22-13-19-15-7-6-14(12-15)18(19)4-2-1-3-5-20(23)24/h2,4,8-11,14-15,18-19,22H,1,3,5-7,12-13H2,(H,23,24)/b4-2-/t14-,15+,18+,19+/m0/s1. The molecule has 0 amide bonds. The highest BCUT2D eigenvalue weighted by Crippen LogP contribution is 2.52. The highest BCUT2D eigenvalue weighted by atomic mass is 79.9. The van der Waals surface area contributed by atoms with Crippen LogP contribution in [-0.2, 0) is 14.8 Å². The number of carbonyl (C=O) groups is 1. The van der Waals surface area contributed by atoms with Gasteiger partial charge < -0.3 is 5.11 Å². The lowest BCUT2D eigenvalue weighted by atomic mass is 9.79. The molecule has 4 atom stereocenters. The number of hydrogen-bond acceptors (Lipinski definition) is 3. The molecule has 2 aliphatic carbocycles. The highest BCUT2D eigenvalue weighted by molar-refractivity contribution is 9.10. The quantitative estimate of drug-likeness (QED) is 0.431. The number of aliphatic carboxylic acids is 1. The second-order valence-corrected chi connectivity index (χ2v) is 10.3. The average molecular weight is 456 g/mol. The molecule has 148 valence electrons. The number of fused-ring (bicyclic) bond motifs is 2. The molecule has 2 saturated carbocycles. The molecule has 2 N–H and O–H groups in total. The number of unbranched alkanes of at least 4 members (excludes halogenated alkanes) is 1. The Morgan fingerprint density at radius 2 is 1.93 bits per heavy atom. The molecule has 0 heterocycles. The van der Waals surface area contributed by atoms with Crippen LogP contribution in [0.4, 0.5) is 0 Å². The summed E-state index contributed by atoms with van der Waals surface area (Å²) in [5.41, 5.74) is 0. The van der Waals surface area contributed by atoms with Crippen LogP contribution in [-0.4, -0.2) is 26.0 Å². The van der Waals surface area contributed by atoms with Gasteiger partial charge in [-0.25, -0.2) is 13.1 Å². The molecule has 0 aliphatic heterocycles. The van der Waals surface area contributed by atoms with E-state index in [1.165, 1.54) is 19.3 Å². The second-order valence-electron chi connectivity index (χ2n) is 7.59. The fourth-order valence-corrected chi connectivity index (χ4v) is 5.92. The first-order valence-corrected chi connectivity index (χ1v) is 11.8. The number of carboxylic acid groups (broad SMARTS) is 1. The summed E-state index contributed by atoms with van der Waals surface area (Å²) in [6.07, 6.45) is 9.47. The summed E-state index contributed by atoms with van der Waals surface area (Å²) in [6.45, 7) is 0.462. The summed E-state index contributed by atoms with van der Waals surface area (Å²) in [5, 5.41) is 8.72. The van der Waals surface area contributed by atoms with Gasteiger partial charge in [-0.1, -0.05) is 28.1 Å². The van der Waals surface area contributed by atoms with Crippen LogP contribution in [0, 0.1) is 23.7 Å². The Hall–Kier alpha value is -1.18. The zero-order valence-corrected chi connectivity index (χ0v) is 17.6. The fourth-order valence-electron chi connectivity index (χ4n) is 4.59. The van der Waals surface area contributed by atoms with E-state index in [1.54, 1.807) is 24.3 Å². The van der Waals surface area contributed by atoms with E-state index in [0.717, 1.165) is 10.9 Å². The van der Waals surface area contributed by atoms with Crippen molar-refractivity contribution in [2.75, 3.05) is 6.54 Å². The minimum absolute atomic E-state index is 0.192. The Bertz CT molecular complexity index is 791. The van der Waals surface area contributed by atoms with Crippen LogP contribution >= 0.6 is 15.9 Å². The third-order valence-electron chi connectivity index (χ3n) is 5.91. The first-order valence-electron chi connectivity index (χ1n) is 9.50. The van der Waals surface area contributed by atoms with Crippen LogP contribution in [0.25, 0.3) is 0 Å². The molecule has 2 bridgehead atoms. The van der Waals surface area contributed by atoms with Gasteiger partial charge in [-0.05, 0) is 80.0 Å². The van der Waals surface area contributed by atoms with Crippen molar-refractivity contribution in [3.63, 3.8) is 0 Å². The molecule has 5 nitrogen and oxygen atoms in total. The maximum Gasteiger partial charge on any atom is 0.303 e. The van der Waals surface area contributed by atoms with Gasteiger partial charge in [-0.2, -0.15) is 0 Å². The van der Waals surface area contributed by atoms with E-state index in [1.807, 2.05) is 0 Å². The maximum absolute atomic E-state index is 12.6. The lowest BCUT2D eigenvalue weighted by Gasteiger charge is -2.29. The minimum Gasteiger partial charge on any atom is -0.481 e. The molecule has 1 aromatic carbocycles. The summed E-state index contributed by atoms with van der Waals surface area (Å²) in [7, 11) is -3.50. The van der Waals surface area contributed by atoms with Crippen LogP contribution in [0.15, 0.2) is 45.8 Å². The van der Waals surface area contributed by atoms with Crippen LogP contribution in [0.2, 0.25) is 0 Å². The number of hydrogen-bond donors (Lipinski definition) is 2. The van der Waals surface area contributed by atoms with E-state index >= 15 is 0 Å². The Morgan fingerprint density at radius 3 is 2.63 bits per heavy atom. The summed E-state index contributed by atoms with van der Waals surface area (Å²) >= 11 is 3.32. The Balaban J connectivity index is 1.59. The van der Waals surface area contributed by atoms with Crippen molar-refractivity contribution >= 4 is 31.9 Å². The van der Waals surface area contributed by atoms with Crippen molar-refractivity contribution in [2.45, 2.75) is 43.4 Å². The number of benzene rings is 1. The minimum atomic E-state index is -3.50. The number of sulfonamides is 1. The Labute approximate surface area is 169 Å². The predicted octanol–water partition coefficient (Wildman–Crippen LogP) is 4.20. The van der Waals surface area contributed by atoms with E-state index in [2.05, 4.69) is 32.8 Å². The Morgan fingerprint density at radius 1 is 1.22 bits per heavy atom. The van der Waals surface area contributed by atoms with Crippen molar-refractivity contribution in [3.8, 4) is 0 Å². The topological polar surface area (TPSA) is 83.5 Å². The smallest absolute Gasteiger partial charge is 0.303 e. The molecule has 0 saturated heterocycles. The molecule has 0 spiro atoms. The lowest BCUT2D eigenvalue weighted by Crippen LogP contribution is -2.35. The average Bonchev–Trinajstić information content (AvgIpc) is 3.21. The second kappa shape index (κ2) is 8.88. The summed E-state index contributed by atoms with van der Waals surface area (Å²) in [6, 6.07) is 6.67. The van der Waals surface area contributed by atoms with Crippen molar-refractivity contribution in [1.29, 1.82) is 0 Å². The number of rotatable bonds is 9. The SMILES string of the molecule is O=C(O)CCC/C=C\[C@@H]1[C@H]2CC[C@H](C2)[C@H]1CNS(=O)(=O)c1ccc(Br)cc1. The van der Waals surface area contributed by atoms with Gasteiger partial charge in [0.1, 0.15) is 0 Å². The number of nitrogens with one attached hydrogen (secondary N) is 1. The first kappa shape index (κ1) is 20.6. The van der Waals surface area contributed by atoms with Crippen LogP contribution in [0.5, 0.6) is 0 Å². The molecule has 2 aliphatic rings. The molecular weight excluding hydrogens is 430 g/mol. The number of carboxylic acids is 1. The first-order chi connectivity index (χ1) is 12.9. The molecule has 2 fully saturated rings. The molecule has 0 unspecified atom stereocenters. The van der Waals surface area contributed by atoms with E-state index in [0.29, 0.717) is 36.6 Å². The molecule has 1 aromatic rings. The van der Waals surface area contributed by atoms with Gasteiger partial charge in [-0.3, -0.25) is 4.79 Å².